The van der Waals surface area contributed by atoms with E-state index in [0.29, 0.717) is 18.1 Å². The van der Waals surface area contributed by atoms with Crippen LogP contribution in [0.25, 0.3) is 0 Å². The zero-order valence-electron chi connectivity index (χ0n) is 15.2. The summed E-state index contributed by atoms with van der Waals surface area (Å²) < 4.78 is 19.6. The standard InChI is InChI=1S/C20H28FN3O/c1-15-13-23(14-16(2)25-15)9-6-17-7-10-24(11-8-17)20-5-3-4-19(21)18(20)12-22/h3-5,15-17H,6-11,13-14H2,1-2H3. The maximum absolute atomic E-state index is 13.8. The summed E-state index contributed by atoms with van der Waals surface area (Å²) in [6.07, 6.45) is 4.07. The third kappa shape index (κ3) is 4.50. The number of hydrogen-bond acceptors (Lipinski definition) is 4. The molecule has 0 aromatic heterocycles. The summed E-state index contributed by atoms with van der Waals surface area (Å²) in [5.41, 5.74) is 0.925. The molecule has 2 aliphatic rings. The van der Waals surface area contributed by atoms with Crippen molar-refractivity contribution in [3.8, 4) is 6.07 Å². The van der Waals surface area contributed by atoms with Gasteiger partial charge in [0.2, 0.25) is 0 Å². The van der Waals surface area contributed by atoms with Crippen molar-refractivity contribution in [2.75, 3.05) is 37.6 Å². The highest BCUT2D eigenvalue weighted by atomic mass is 19.1. The monoisotopic (exact) mass is 345 g/mol. The minimum absolute atomic E-state index is 0.178. The highest BCUT2D eigenvalue weighted by Gasteiger charge is 2.25. The van der Waals surface area contributed by atoms with E-state index >= 15 is 0 Å². The zero-order chi connectivity index (χ0) is 17.8. The second kappa shape index (κ2) is 8.16. The van der Waals surface area contributed by atoms with Crippen LogP contribution in [-0.4, -0.2) is 49.8 Å². The van der Waals surface area contributed by atoms with Crippen LogP contribution < -0.4 is 4.90 Å². The molecule has 0 N–H and O–H groups in total. The number of nitrogens with zero attached hydrogens (tertiary/aromatic N) is 3. The largest absolute Gasteiger partial charge is 0.373 e. The molecule has 0 spiro atoms. The second-order valence-corrected chi connectivity index (χ2v) is 7.48. The van der Waals surface area contributed by atoms with E-state index in [4.69, 9.17) is 4.74 Å². The first kappa shape index (κ1) is 18.2. The number of halogens is 1. The first-order valence-corrected chi connectivity index (χ1v) is 9.38. The molecule has 2 saturated heterocycles. The van der Waals surface area contributed by atoms with E-state index < -0.39 is 5.82 Å². The smallest absolute Gasteiger partial charge is 0.143 e. The molecule has 3 rings (SSSR count). The Hall–Kier alpha value is -1.64. The fraction of sp³-hybridized carbons (Fsp3) is 0.650. The van der Waals surface area contributed by atoms with Crippen molar-refractivity contribution in [1.82, 2.24) is 4.90 Å². The van der Waals surface area contributed by atoms with E-state index in [1.165, 1.54) is 12.5 Å². The zero-order valence-corrected chi connectivity index (χ0v) is 15.2. The molecule has 1 aromatic carbocycles. The molecule has 25 heavy (non-hydrogen) atoms. The maximum atomic E-state index is 13.8. The van der Waals surface area contributed by atoms with Crippen LogP contribution in [0.3, 0.4) is 0 Å². The predicted octanol–water partition coefficient (Wildman–Crippen LogP) is 3.41. The Morgan fingerprint density at radius 1 is 1.20 bits per heavy atom. The summed E-state index contributed by atoms with van der Waals surface area (Å²) in [7, 11) is 0. The highest BCUT2D eigenvalue weighted by Crippen LogP contribution is 2.29. The number of benzene rings is 1. The van der Waals surface area contributed by atoms with Crippen LogP contribution in [-0.2, 0) is 4.74 Å². The molecule has 5 heteroatoms. The average Bonchev–Trinajstić information content (AvgIpc) is 2.59. The van der Waals surface area contributed by atoms with Gasteiger partial charge < -0.3 is 9.64 Å². The number of morpholine rings is 1. The van der Waals surface area contributed by atoms with Crippen LogP contribution in [0.15, 0.2) is 18.2 Å². The Bertz CT molecular complexity index is 612. The fourth-order valence-electron chi connectivity index (χ4n) is 4.18. The molecule has 2 aliphatic heterocycles. The SMILES string of the molecule is CC1CN(CCC2CCN(c3cccc(F)c3C#N)CC2)CC(C)O1. The maximum Gasteiger partial charge on any atom is 0.143 e. The normalized spacial score (nSPS) is 25.8. The van der Waals surface area contributed by atoms with Crippen molar-refractivity contribution >= 4 is 5.69 Å². The Balaban J connectivity index is 1.49. The molecular weight excluding hydrogens is 317 g/mol. The van der Waals surface area contributed by atoms with Gasteiger partial charge in [-0.05, 0) is 57.7 Å². The van der Waals surface area contributed by atoms with Gasteiger partial charge in [-0.3, -0.25) is 4.90 Å². The third-order valence-corrected chi connectivity index (χ3v) is 5.41. The van der Waals surface area contributed by atoms with E-state index in [0.717, 1.165) is 51.3 Å². The van der Waals surface area contributed by atoms with E-state index in [-0.39, 0.29) is 5.56 Å². The molecule has 1 aromatic rings. The first-order valence-electron chi connectivity index (χ1n) is 9.38. The van der Waals surface area contributed by atoms with Crippen molar-refractivity contribution in [1.29, 1.82) is 5.26 Å². The van der Waals surface area contributed by atoms with Crippen LogP contribution in [0.4, 0.5) is 10.1 Å². The van der Waals surface area contributed by atoms with Gasteiger partial charge in [0.25, 0.3) is 0 Å². The lowest BCUT2D eigenvalue weighted by molar-refractivity contribution is -0.0690. The van der Waals surface area contributed by atoms with Gasteiger partial charge in [-0.2, -0.15) is 5.26 Å². The molecule has 0 bridgehead atoms. The van der Waals surface area contributed by atoms with Gasteiger partial charge in [-0.15, -0.1) is 0 Å². The molecule has 2 fully saturated rings. The lowest BCUT2D eigenvalue weighted by atomic mass is 9.92. The van der Waals surface area contributed by atoms with Crippen LogP contribution >= 0.6 is 0 Å². The van der Waals surface area contributed by atoms with Crippen LogP contribution in [0.1, 0.15) is 38.7 Å². The Labute approximate surface area is 150 Å². The highest BCUT2D eigenvalue weighted by molar-refractivity contribution is 5.60. The Kier molecular flexibility index (Phi) is 5.93. The molecule has 0 radical (unpaired) electrons. The van der Waals surface area contributed by atoms with Crippen LogP contribution in [0.2, 0.25) is 0 Å². The van der Waals surface area contributed by atoms with Gasteiger partial charge in [0.05, 0.1) is 17.9 Å². The molecule has 136 valence electrons. The number of hydrogen-bond donors (Lipinski definition) is 0. The minimum atomic E-state index is -0.419. The minimum Gasteiger partial charge on any atom is -0.373 e. The van der Waals surface area contributed by atoms with Crippen LogP contribution in [0, 0.1) is 23.1 Å². The molecular formula is C20H28FN3O. The van der Waals surface area contributed by atoms with Gasteiger partial charge in [-0.25, -0.2) is 4.39 Å². The van der Waals surface area contributed by atoms with E-state index in [2.05, 4.69) is 23.6 Å². The van der Waals surface area contributed by atoms with Gasteiger partial charge in [0, 0.05) is 26.2 Å². The van der Waals surface area contributed by atoms with Crippen molar-refractivity contribution in [2.45, 2.75) is 45.3 Å². The molecule has 4 nitrogen and oxygen atoms in total. The fourth-order valence-corrected chi connectivity index (χ4v) is 4.18. The average molecular weight is 345 g/mol. The summed E-state index contributed by atoms with van der Waals surface area (Å²) in [4.78, 5) is 4.68. The Morgan fingerprint density at radius 2 is 1.88 bits per heavy atom. The number of rotatable bonds is 4. The molecule has 2 heterocycles. The van der Waals surface area contributed by atoms with Gasteiger partial charge in [0.15, 0.2) is 0 Å². The van der Waals surface area contributed by atoms with Crippen molar-refractivity contribution in [2.24, 2.45) is 5.92 Å². The third-order valence-electron chi connectivity index (χ3n) is 5.41. The van der Waals surface area contributed by atoms with E-state index in [1.807, 2.05) is 12.1 Å². The van der Waals surface area contributed by atoms with E-state index in [1.54, 1.807) is 6.07 Å². The lowest BCUT2D eigenvalue weighted by Crippen LogP contribution is -2.46. The van der Waals surface area contributed by atoms with Crippen molar-refractivity contribution in [3.63, 3.8) is 0 Å². The molecule has 0 amide bonds. The predicted molar refractivity (Wildman–Crippen MR) is 97.1 cm³/mol. The van der Waals surface area contributed by atoms with Crippen LogP contribution in [0.5, 0.6) is 0 Å². The molecule has 2 atom stereocenters. The van der Waals surface area contributed by atoms with Crippen molar-refractivity contribution in [3.05, 3.63) is 29.6 Å². The number of ether oxygens (including phenoxy) is 1. The van der Waals surface area contributed by atoms with Gasteiger partial charge >= 0.3 is 0 Å². The summed E-state index contributed by atoms with van der Waals surface area (Å²) >= 11 is 0. The number of nitriles is 1. The molecule has 0 aliphatic carbocycles. The van der Waals surface area contributed by atoms with Crippen molar-refractivity contribution < 1.29 is 9.13 Å². The molecule has 2 unspecified atom stereocenters. The summed E-state index contributed by atoms with van der Waals surface area (Å²) in [6.45, 7) is 9.28. The van der Waals surface area contributed by atoms with Gasteiger partial charge in [-0.1, -0.05) is 6.07 Å². The number of piperidine rings is 1. The Morgan fingerprint density at radius 3 is 2.52 bits per heavy atom. The second-order valence-electron chi connectivity index (χ2n) is 7.48. The summed E-state index contributed by atoms with van der Waals surface area (Å²) in [5, 5.41) is 9.22. The first-order chi connectivity index (χ1) is 12.1. The molecule has 0 saturated carbocycles. The summed E-state index contributed by atoms with van der Waals surface area (Å²) in [6, 6.07) is 6.93. The topological polar surface area (TPSA) is 39.5 Å². The summed E-state index contributed by atoms with van der Waals surface area (Å²) in [5.74, 6) is 0.293. The quantitative estimate of drug-likeness (QED) is 0.838. The van der Waals surface area contributed by atoms with Gasteiger partial charge in [0.1, 0.15) is 17.4 Å². The van der Waals surface area contributed by atoms with E-state index in [9.17, 15) is 9.65 Å². The number of anilines is 1. The lowest BCUT2D eigenvalue weighted by Gasteiger charge is -2.38.